The molecule has 3 heterocycles. The van der Waals surface area contributed by atoms with Gasteiger partial charge in [-0.25, -0.2) is 29.8 Å². The number of nitrogens with zero attached hydrogens (tertiary/aromatic N) is 4. The Morgan fingerprint density at radius 2 is 1.12 bits per heavy atom. The van der Waals surface area contributed by atoms with Crippen LogP contribution in [0, 0.1) is 25.2 Å². The Balaban J connectivity index is 1.55. The third-order valence-corrected chi connectivity index (χ3v) is 13.0. The van der Waals surface area contributed by atoms with Crippen LogP contribution in [0.2, 0.25) is 0 Å². The lowest BCUT2D eigenvalue weighted by atomic mass is 9.98. The van der Waals surface area contributed by atoms with E-state index in [2.05, 4.69) is 36.8 Å². The van der Waals surface area contributed by atoms with Crippen molar-refractivity contribution in [1.29, 1.82) is 5.26 Å². The van der Waals surface area contributed by atoms with Crippen LogP contribution in [0.25, 0.3) is 44.3 Å². The lowest BCUT2D eigenvalue weighted by molar-refractivity contribution is -0.137. The summed E-state index contributed by atoms with van der Waals surface area (Å²) in [6.45, 7) is 3.60. The van der Waals surface area contributed by atoms with E-state index in [1.165, 1.54) is 48.7 Å². The monoisotopic (exact) mass is 866 g/mol. The highest BCUT2D eigenvalue weighted by Gasteiger charge is 2.37. The van der Waals surface area contributed by atoms with Crippen LogP contribution < -0.4 is 0 Å². The minimum atomic E-state index is -5.06. The summed E-state index contributed by atoms with van der Waals surface area (Å²) in [7, 11) is -8.53. The first-order valence-corrected chi connectivity index (χ1v) is 19.8. The second kappa shape index (κ2) is 12.7. The van der Waals surface area contributed by atoms with E-state index in [4.69, 9.17) is 0 Å². The minimum Gasteiger partial charge on any atom is -0.246 e. The minimum absolute atomic E-state index is 0.0282. The molecule has 7 aromatic rings. The predicted octanol–water partition coefficient (Wildman–Crippen LogP) is 9.83. The maximum Gasteiger partial charge on any atom is 0.417 e. The van der Waals surface area contributed by atoms with Gasteiger partial charge in [-0.2, -0.15) is 18.4 Å². The molecule has 0 aliphatic carbocycles. The van der Waals surface area contributed by atoms with E-state index in [-0.39, 0.29) is 48.4 Å². The molecular weight excluding hydrogens is 845 g/mol. The van der Waals surface area contributed by atoms with Crippen LogP contribution in [0.4, 0.5) is 13.2 Å². The van der Waals surface area contributed by atoms with Gasteiger partial charge in [0.1, 0.15) is 6.07 Å². The van der Waals surface area contributed by atoms with Gasteiger partial charge in [0.2, 0.25) is 0 Å². The van der Waals surface area contributed by atoms with Crippen molar-refractivity contribution < 1.29 is 30.0 Å². The molecule has 0 aliphatic rings. The van der Waals surface area contributed by atoms with Crippen LogP contribution in [-0.4, -0.2) is 29.8 Å². The Bertz CT molecular complexity index is 2860. The second-order valence-electron chi connectivity index (χ2n) is 12.0. The highest BCUT2D eigenvalue weighted by molar-refractivity contribution is 9.10. The standard InChI is InChI=1S/C37H23Br2F3N4O4S2/c1-21-3-9-25(10-4-21)51(47,48)45-19-30(27-15-23(38)7-13-34(27)45)33-17-32(37(40,41)42)29(18-43)36(44-33)31-20-46(35-14-8-24(39)16-28(31)35)52(49,50)26-11-5-22(2)6-12-26/h3-17,19-20H,1-2H3. The fraction of sp³-hybridized carbons (Fsp3) is 0.0811. The van der Waals surface area contributed by atoms with E-state index in [1.807, 2.05) is 0 Å². The Kier molecular flexibility index (Phi) is 8.73. The van der Waals surface area contributed by atoms with Gasteiger partial charge in [0, 0.05) is 43.2 Å². The highest BCUT2D eigenvalue weighted by atomic mass is 79.9. The van der Waals surface area contributed by atoms with Crippen LogP contribution in [0.3, 0.4) is 0 Å². The molecule has 0 bridgehead atoms. The summed E-state index contributed by atoms with van der Waals surface area (Å²) in [5, 5.41) is 10.7. The third kappa shape index (κ3) is 6.03. The summed E-state index contributed by atoms with van der Waals surface area (Å²) in [5.41, 5.74) is -0.975. The van der Waals surface area contributed by atoms with Crippen molar-refractivity contribution >= 4 is 73.7 Å². The van der Waals surface area contributed by atoms with Crippen molar-refractivity contribution in [2.75, 3.05) is 0 Å². The molecule has 0 N–H and O–H groups in total. The van der Waals surface area contributed by atoms with Crippen LogP contribution in [-0.2, 0) is 26.2 Å². The summed E-state index contributed by atoms with van der Waals surface area (Å²) < 4.78 is 103. The number of rotatable bonds is 6. The predicted molar refractivity (Wildman–Crippen MR) is 199 cm³/mol. The third-order valence-electron chi connectivity index (χ3n) is 8.59. The second-order valence-corrected chi connectivity index (χ2v) is 17.5. The number of pyridine rings is 1. The average Bonchev–Trinajstić information content (AvgIpc) is 3.67. The molecular formula is C37H23Br2F3N4O4S2. The maximum atomic E-state index is 14.9. The van der Waals surface area contributed by atoms with E-state index in [9.17, 15) is 35.3 Å². The van der Waals surface area contributed by atoms with Crippen molar-refractivity contribution in [3.63, 3.8) is 0 Å². The first kappa shape index (κ1) is 35.6. The van der Waals surface area contributed by atoms with Crippen molar-refractivity contribution in [3.05, 3.63) is 135 Å². The van der Waals surface area contributed by atoms with Crippen molar-refractivity contribution in [2.24, 2.45) is 0 Å². The van der Waals surface area contributed by atoms with Crippen LogP contribution in [0.1, 0.15) is 22.3 Å². The topological polar surface area (TPSA) is 115 Å². The molecule has 52 heavy (non-hydrogen) atoms. The Labute approximate surface area is 313 Å². The molecule has 8 nitrogen and oxygen atoms in total. The van der Waals surface area contributed by atoms with Crippen LogP contribution in [0.5, 0.6) is 0 Å². The van der Waals surface area contributed by atoms with Gasteiger partial charge < -0.3 is 0 Å². The molecule has 4 aromatic carbocycles. The Morgan fingerprint density at radius 1 is 0.673 bits per heavy atom. The van der Waals surface area contributed by atoms with Gasteiger partial charge in [0.05, 0.1) is 43.3 Å². The number of benzene rings is 4. The fourth-order valence-electron chi connectivity index (χ4n) is 6.00. The summed E-state index contributed by atoms with van der Waals surface area (Å²) in [5.74, 6) is 0. The number of nitriles is 1. The molecule has 0 saturated heterocycles. The molecule has 0 aliphatic heterocycles. The number of fused-ring (bicyclic) bond motifs is 2. The van der Waals surface area contributed by atoms with Crippen LogP contribution in [0.15, 0.2) is 122 Å². The quantitative estimate of drug-likeness (QED) is 0.165. The van der Waals surface area contributed by atoms with E-state index in [0.717, 1.165) is 25.3 Å². The van der Waals surface area contributed by atoms with Crippen molar-refractivity contribution in [2.45, 2.75) is 29.8 Å². The molecule has 0 atom stereocenters. The van der Waals surface area contributed by atoms with Crippen molar-refractivity contribution in [1.82, 2.24) is 12.9 Å². The summed E-state index contributed by atoms with van der Waals surface area (Å²) in [6, 6.07) is 23.9. The molecule has 0 fully saturated rings. The molecule has 0 spiro atoms. The van der Waals surface area contributed by atoms with Gasteiger partial charge in [-0.05, 0) is 80.6 Å². The molecule has 0 saturated carbocycles. The first-order chi connectivity index (χ1) is 24.5. The number of hydrogen-bond acceptors (Lipinski definition) is 6. The van der Waals surface area contributed by atoms with E-state index >= 15 is 0 Å². The fourth-order valence-corrected chi connectivity index (χ4v) is 9.46. The lowest BCUT2D eigenvalue weighted by Crippen LogP contribution is -2.12. The molecule has 262 valence electrons. The zero-order chi connectivity index (χ0) is 37.3. The maximum absolute atomic E-state index is 14.9. The number of halogens is 5. The number of hydrogen-bond donors (Lipinski definition) is 0. The summed E-state index contributed by atoms with van der Waals surface area (Å²) >= 11 is 6.76. The van der Waals surface area contributed by atoms with Gasteiger partial charge >= 0.3 is 6.18 Å². The Hall–Kier alpha value is -4.75. The molecule has 0 unspecified atom stereocenters. The Morgan fingerprint density at radius 3 is 1.56 bits per heavy atom. The first-order valence-electron chi connectivity index (χ1n) is 15.3. The summed E-state index contributed by atoms with van der Waals surface area (Å²) in [4.78, 5) is 4.51. The zero-order valence-electron chi connectivity index (χ0n) is 26.9. The molecule has 0 radical (unpaired) electrons. The highest BCUT2D eigenvalue weighted by Crippen LogP contribution is 2.43. The SMILES string of the molecule is Cc1ccc(S(=O)(=O)n2cc(-c3cc(C(F)(F)F)c(C#N)c(-c4cn(S(=O)(=O)c5ccc(C)cc5)c5ccc(Br)cc45)n3)c3cc(Br)ccc32)cc1. The lowest BCUT2D eigenvalue weighted by Gasteiger charge is -2.14. The van der Waals surface area contributed by atoms with Gasteiger partial charge in [-0.1, -0.05) is 67.3 Å². The van der Waals surface area contributed by atoms with Crippen molar-refractivity contribution in [3.8, 4) is 28.6 Å². The number of alkyl halides is 3. The number of aromatic nitrogens is 3. The molecule has 7 rings (SSSR count). The van der Waals surface area contributed by atoms with Gasteiger partial charge in [0.15, 0.2) is 0 Å². The van der Waals surface area contributed by atoms with E-state index in [0.29, 0.717) is 15.0 Å². The average molecular weight is 869 g/mol. The van der Waals surface area contributed by atoms with Gasteiger partial charge in [0.25, 0.3) is 20.0 Å². The largest absolute Gasteiger partial charge is 0.417 e. The van der Waals surface area contributed by atoms with Gasteiger partial charge in [-0.15, -0.1) is 0 Å². The normalized spacial score (nSPS) is 12.4. The van der Waals surface area contributed by atoms with E-state index in [1.54, 1.807) is 62.4 Å². The molecule has 0 amide bonds. The summed E-state index contributed by atoms with van der Waals surface area (Å²) in [6.07, 6.45) is -2.70. The van der Waals surface area contributed by atoms with E-state index < -0.39 is 43.0 Å². The number of aryl methyl sites for hydroxylation is 2. The van der Waals surface area contributed by atoms with Crippen LogP contribution >= 0.6 is 31.9 Å². The zero-order valence-corrected chi connectivity index (χ0v) is 31.7. The molecule has 15 heteroatoms. The molecule has 3 aromatic heterocycles. The smallest absolute Gasteiger partial charge is 0.246 e. The van der Waals surface area contributed by atoms with Gasteiger partial charge in [-0.3, -0.25) is 0 Å².